The first-order valence-corrected chi connectivity index (χ1v) is 6.20. The fraction of sp³-hybridized carbons (Fsp3) is 1.00. The van der Waals surface area contributed by atoms with E-state index in [9.17, 15) is 0 Å². The lowest BCUT2D eigenvalue weighted by Gasteiger charge is -2.39. The summed E-state index contributed by atoms with van der Waals surface area (Å²) in [5.41, 5.74) is 0.463. The van der Waals surface area contributed by atoms with E-state index >= 15 is 0 Å². The Hall–Kier alpha value is -0.0400. The quantitative estimate of drug-likeness (QED) is 0.730. The van der Waals surface area contributed by atoms with Crippen LogP contribution in [0.2, 0.25) is 0 Å². The van der Waals surface area contributed by atoms with Gasteiger partial charge < -0.3 is 5.32 Å². The summed E-state index contributed by atoms with van der Waals surface area (Å²) in [5, 5.41) is 3.37. The number of hydrogen-bond donors (Lipinski definition) is 1. The summed E-state index contributed by atoms with van der Waals surface area (Å²) in [4.78, 5) is 0. The lowest BCUT2D eigenvalue weighted by Crippen LogP contribution is -2.36. The van der Waals surface area contributed by atoms with Crippen molar-refractivity contribution in [1.82, 2.24) is 5.32 Å². The molecule has 1 heteroatoms. The predicted octanol–water partition coefficient (Wildman–Crippen LogP) is 3.45. The van der Waals surface area contributed by atoms with Gasteiger partial charge >= 0.3 is 0 Å². The van der Waals surface area contributed by atoms with Crippen molar-refractivity contribution in [1.29, 1.82) is 0 Å². The van der Waals surface area contributed by atoms with Crippen LogP contribution < -0.4 is 5.32 Å². The van der Waals surface area contributed by atoms with Gasteiger partial charge in [0.15, 0.2) is 0 Å². The van der Waals surface area contributed by atoms with E-state index in [1.807, 2.05) is 0 Å². The standard InChI is InChI=1S/C13H27N/c1-13(2,3)12(10-14-4)11-8-6-5-7-9-11/h11-12,14H,5-10H2,1-4H3. The maximum Gasteiger partial charge on any atom is -0.00159 e. The second-order valence-electron chi connectivity index (χ2n) is 5.93. The van der Waals surface area contributed by atoms with Crippen LogP contribution in [-0.2, 0) is 0 Å². The van der Waals surface area contributed by atoms with Gasteiger partial charge in [-0.05, 0) is 30.8 Å². The van der Waals surface area contributed by atoms with Crippen LogP contribution in [0.3, 0.4) is 0 Å². The molecule has 1 fully saturated rings. The molecule has 84 valence electrons. The Balaban J connectivity index is 2.56. The van der Waals surface area contributed by atoms with Crippen molar-refractivity contribution in [2.45, 2.75) is 52.9 Å². The second-order valence-corrected chi connectivity index (χ2v) is 5.93. The number of rotatable bonds is 3. The summed E-state index contributed by atoms with van der Waals surface area (Å²) in [6.45, 7) is 8.37. The molecule has 0 aliphatic heterocycles. The van der Waals surface area contributed by atoms with Gasteiger partial charge in [-0.2, -0.15) is 0 Å². The molecule has 0 heterocycles. The lowest BCUT2D eigenvalue weighted by atomic mass is 9.68. The largest absolute Gasteiger partial charge is 0.319 e. The Morgan fingerprint density at radius 3 is 2.14 bits per heavy atom. The van der Waals surface area contributed by atoms with E-state index in [1.165, 1.54) is 38.6 Å². The van der Waals surface area contributed by atoms with Crippen LogP contribution in [0.1, 0.15) is 52.9 Å². The molecule has 1 atom stereocenters. The zero-order valence-electron chi connectivity index (χ0n) is 10.4. The van der Waals surface area contributed by atoms with Gasteiger partial charge in [0.2, 0.25) is 0 Å². The zero-order valence-corrected chi connectivity index (χ0v) is 10.4. The van der Waals surface area contributed by atoms with Gasteiger partial charge in [-0.15, -0.1) is 0 Å². The zero-order chi connectivity index (χ0) is 10.6. The molecule has 0 bridgehead atoms. The van der Waals surface area contributed by atoms with Crippen LogP contribution >= 0.6 is 0 Å². The van der Waals surface area contributed by atoms with Gasteiger partial charge in [-0.1, -0.05) is 52.9 Å². The van der Waals surface area contributed by atoms with Gasteiger partial charge in [-0.3, -0.25) is 0 Å². The van der Waals surface area contributed by atoms with Crippen molar-refractivity contribution in [2.24, 2.45) is 17.3 Å². The average molecular weight is 197 g/mol. The van der Waals surface area contributed by atoms with Crippen molar-refractivity contribution in [2.75, 3.05) is 13.6 Å². The minimum atomic E-state index is 0.463. The van der Waals surface area contributed by atoms with E-state index in [0.717, 1.165) is 11.8 Å². The summed E-state index contributed by atoms with van der Waals surface area (Å²) in [6, 6.07) is 0. The molecular weight excluding hydrogens is 170 g/mol. The average Bonchev–Trinajstić information content (AvgIpc) is 2.14. The van der Waals surface area contributed by atoms with Crippen LogP contribution in [-0.4, -0.2) is 13.6 Å². The molecule has 0 aromatic carbocycles. The summed E-state index contributed by atoms with van der Waals surface area (Å²) < 4.78 is 0. The highest BCUT2D eigenvalue weighted by molar-refractivity contribution is 4.83. The van der Waals surface area contributed by atoms with Crippen molar-refractivity contribution in [3.63, 3.8) is 0 Å². The maximum atomic E-state index is 3.37. The SMILES string of the molecule is CNCC(C1CCCCC1)C(C)(C)C. The van der Waals surface area contributed by atoms with Crippen LogP contribution in [0.25, 0.3) is 0 Å². The molecule has 0 amide bonds. The number of hydrogen-bond acceptors (Lipinski definition) is 1. The van der Waals surface area contributed by atoms with E-state index in [-0.39, 0.29) is 0 Å². The summed E-state index contributed by atoms with van der Waals surface area (Å²) in [7, 11) is 2.08. The maximum absolute atomic E-state index is 3.37. The minimum Gasteiger partial charge on any atom is -0.319 e. The van der Waals surface area contributed by atoms with Gasteiger partial charge in [0.05, 0.1) is 0 Å². The smallest absolute Gasteiger partial charge is 0.00159 e. The molecule has 1 aliphatic carbocycles. The molecule has 0 radical (unpaired) electrons. The fourth-order valence-corrected chi connectivity index (χ4v) is 2.94. The summed E-state index contributed by atoms with van der Waals surface area (Å²) in [6.07, 6.45) is 7.31. The van der Waals surface area contributed by atoms with Gasteiger partial charge in [-0.25, -0.2) is 0 Å². The molecule has 0 aromatic heterocycles. The highest BCUT2D eigenvalue weighted by atomic mass is 14.8. The first-order valence-electron chi connectivity index (χ1n) is 6.20. The predicted molar refractivity (Wildman–Crippen MR) is 63.4 cm³/mol. The number of nitrogens with one attached hydrogen (secondary N) is 1. The first kappa shape index (κ1) is 12.0. The molecule has 0 saturated heterocycles. The minimum absolute atomic E-state index is 0.463. The lowest BCUT2D eigenvalue weighted by molar-refractivity contribution is 0.124. The van der Waals surface area contributed by atoms with Crippen LogP contribution in [0.4, 0.5) is 0 Å². The van der Waals surface area contributed by atoms with E-state index in [4.69, 9.17) is 0 Å². The van der Waals surface area contributed by atoms with Crippen LogP contribution in [0.5, 0.6) is 0 Å². The molecule has 1 rings (SSSR count). The molecule has 0 aromatic rings. The van der Waals surface area contributed by atoms with E-state index in [1.54, 1.807) is 0 Å². The van der Waals surface area contributed by atoms with Crippen LogP contribution in [0, 0.1) is 17.3 Å². The fourth-order valence-electron chi connectivity index (χ4n) is 2.94. The third-order valence-corrected chi connectivity index (χ3v) is 3.76. The van der Waals surface area contributed by atoms with E-state index in [0.29, 0.717) is 5.41 Å². The Bertz CT molecular complexity index is 151. The topological polar surface area (TPSA) is 12.0 Å². The molecule has 1 nitrogen and oxygen atoms in total. The molecular formula is C13H27N. The van der Waals surface area contributed by atoms with Crippen LogP contribution in [0.15, 0.2) is 0 Å². The highest BCUT2D eigenvalue weighted by Crippen LogP contribution is 2.39. The third-order valence-electron chi connectivity index (χ3n) is 3.76. The molecule has 14 heavy (non-hydrogen) atoms. The second kappa shape index (κ2) is 5.16. The Labute approximate surface area is 89.7 Å². The third kappa shape index (κ3) is 3.27. The van der Waals surface area contributed by atoms with Gasteiger partial charge in [0.25, 0.3) is 0 Å². The van der Waals surface area contributed by atoms with E-state index in [2.05, 4.69) is 33.1 Å². The summed E-state index contributed by atoms with van der Waals surface area (Å²) >= 11 is 0. The van der Waals surface area contributed by atoms with E-state index < -0.39 is 0 Å². The Morgan fingerprint density at radius 2 is 1.71 bits per heavy atom. The van der Waals surface area contributed by atoms with Crippen molar-refractivity contribution in [3.8, 4) is 0 Å². The normalized spacial score (nSPS) is 22.3. The molecule has 1 unspecified atom stereocenters. The Kier molecular flexibility index (Phi) is 4.43. The van der Waals surface area contributed by atoms with Gasteiger partial charge in [0, 0.05) is 0 Å². The monoisotopic (exact) mass is 197 g/mol. The van der Waals surface area contributed by atoms with Crippen molar-refractivity contribution in [3.05, 3.63) is 0 Å². The molecule has 0 spiro atoms. The molecule has 1 saturated carbocycles. The summed E-state index contributed by atoms with van der Waals surface area (Å²) in [5.74, 6) is 1.82. The first-order chi connectivity index (χ1) is 6.55. The molecule has 1 N–H and O–H groups in total. The Morgan fingerprint density at radius 1 is 1.14 bits per heavy atom. The molecule has 1 aliphatic rings. The highest BCUT2D eigenvalue weighted by Gasteiger charge is 2.32. The van der Waals surface area contributed by atoms with Gasteiger partial charge in [0.1, 0.15) is 0 Å². The van der Waals surface area contributed by atoms with Crippen molar-refractivity contribution >= 4 is 0 Å². The van der Waals surface area contributed by atoms with Crippen molar-refractivity contribution < 1.29 is 0 Å².